The molecule has 2 heteroatoms. The standard InChI is InChI=1S/C11H14N2/c1-4-6-13-9(3)7-10(5-2)11(13)8-12/h4,7H,1,5-6H2,2-3H3. The number of nitriles is 1. The average Bonchev–Trinajstić information content (AvgIpc) is 2.44. The highest BCUT2D eigenvalue weighted by atomic mass is 15.0. The third kappa shape index (κ3) is 1.65. The molecular formula is C11H14N2. The van der Waals surface area contributed by atoms with Gasteiger partial charge in [0.15, 0.2) is 0 Å². The Morgan fingerprint density at radius 3 is 2.85 bits per heavy atom. The van der Waals surface area contributed by atoms with Gasteiger partial charge in [0.25, 0.3) is 0 Å². The van der Waals surface area contributed by atoms with Gasteiger partial charge in [-0.2, -0.15) is 5.26 Å². The lowest BCUT2D eigenvalue weighted by molar-refractivity contribution is 0.782. The molecular weight excluding hydrogens is 160 g/mol. The fourth-order valence-corrected chi connectivity index (χ4v) is 1.51. The van der Waals surface area contributed by atoms with E-state index in [4.69, 9.17) is 5.26 Å². The lowest BCUT2D eigenvalue weighted by atomic mass is 10.2. The third-order valence-electron chi connectivity index (χ3n) is 2.18. The highest BCUT2D eigenvalue weighted by Gasteiger charge is 2.08. The van der Waals surface area contributed by atoms with Crippen molar-refractivity contribution in [3.8, 4) is 6.07 Å². The summed E-state index contributed by atoms with van der Waals surface area (Å²) in [4.78, 5) is 0. The van der Waals surface area contributed by atoms with Crippen molar-refractivity contribution < 1.29 is 0 Å². The second kappa shape index (κ2) is 3.95. The quantitative estimate of drug-likeness (QED) is 0.647. The predicted octanol–water partition coefficient (Wildman–Crippen LogP) is 2.42. The maximum Gasteiger partial charge on any atom is 0.123 e. The normalized spacial score (nSPS) is 9.62. The van der Waals surface area contributed by atoms with E-state index in [1.807, 2.05) is 17.6 Å². The molecule has 0 saturated heterocycles. The summed E-state index contributed by atoms with van der Waals surface area (Å²) in [5.41, 5.74) is 3.04. The Morgan fingerprint density at radius 2 is 2.38 bits per heavy atom. The second-order valence-corrected chi connectivity index (χ2v) is 3.02. The Kier molecular flexibility index (Phi) is 2.92. The van der Waals surface area contributed by atoms with Gasteiger partial charge in [-0.1, -0.05) is 13.0 Å². The van der Waals surface area contributed by atoms with Crippen LogP contribution in [-0.2, 0) is 13.0 Å². The molecule has 0 saturated carbocycles. The molecule has 0 atom stereocenters. The first-order valence-electron chi connectivity index (χ1n) is 4.44. The van der Waals surface area contributed by atoms with Gasteiger partial charge in [0.2, 0.25) is 0 Å². The molecule has 0 amide bonds. The van der Waals surface area contributed by atoms with Crippen LogP contribution in [0, 0.1) is 18.3 Å². The largest absolute Gasteiger partial charge is 0.333 e. The first kappa shape index (κ1) is 9.60. The number of rotatable bonds is 3. The summed E-state index contributed by atoms with van der Waals surface area (Å²) in [6.45, 7) is 8.48. The van der Waals surface area contributed by atoms with Crippen LogP contribution in [0.3, 0.4) is 0 Å². The number of allylic oxidation sites excluding steroid dienone is 1. The van der Waals surface area contributed by atoms with Gasteiger partial charge >= 0.3 is 0 Å². The number of aromatic nitrogens is 1. The van der Waals surface area contributed by atoms with E-state index in [9.17, 15) is 0 Å². The van der Waals surface area contributed by atoms with Crippen molar-refractivity contribution in [3.63, 3.8) is 0 Å². The van der Waals surface area contributed by atoms with Gasteiger partial charge in [-0.3, -0.25) is 0 Å². The minimum atomic E-state index is 0.717. The van der Waals surface area contributed by atoms with Gasteiger partial charge < -0.3 is 4.57 Å². The summed E-state index contributed by atoms with van der Waals surface area (Å²) in [5.74, 6) is 0. The smallest absolute Gasteiger partial charge is 0.123 e. The van der Waals surface area contributed by atoms with Crippen LogP contribution in [-0.4, -0.2) is 4.57 Å². The molecule has 1 heterocycles. The fourth-order valence-electron chi connectivity index (χ4n) is 1.51. The summed E-state index contributed by atoms with van der Waals surface area (Å²) in [7, 11) is 0. The monoisotopic (exact) mass is 174 g/mol. The Balaban J connectivity index is 3.24. The van der Waals surface area contributed by atoms with E-state index in [0.717, 1.165) is 23.4 Å². The number of hydrogen-bond acceptors (Lipinski definition) is 1. The SMILES string of the molecule is C=CCn1c(C)cc(CC)c1C#N. The van der Waals surface area contributed by atoms with Crippen molar-refractivity contribution in [2.75, 3.05) is 0 Å². The summed E-state index contributed by atoms with van der Waals surface area (Å²) < 4.78 is 1.99. The molecule has 0 radical (unpaired) electrons. The Labute approximate surface area is 79.1 Å². The van der Waals surface area contributed by atoms with Crippen molar-refractivity contribution in [2.45, 2.75) is 26.8 Å². The summed E-state index contributed by atoms with van der Waals surface area (Å²) in [6, 6.07) is 4.31. The molecule has 1 rings (SSSR count). The molecule has 0 spiro atoms. The topological polar surface area (TPSA) is 28.7 Å². The molecule has 0 aliphatic carbocycles. The van der Waals surface area contributed by atoms with Gasteiger partial charge in [0.05, 0.1) is 0 Å². The van der Waals surface area contributed by atoms with Gasteiger partial charge in [-0.05, 0) is 25.0 Å². The molecule has 0 unspecified atom stereocenters. The number of aryl methyl sites for hydroxylation is 2. The molecule has 0 bridgehead atoms. The highest BCUT2D eigenvalue weighted by Crippen LogP contribution is 2.15. The second-order valence-electron chi connectivity index (χ2n) is 3.02. The summed E-state index contributed by atoms with van der Waals surface area (Å²) >= 11 is 0. The van der Waals surface area contributed by atoms with Crippen molar-refractivity contribution >= 4 is 0 Å². The molecule has 1 aromatic rings. The van der Waals surface area contributed by atoms with Crippen molar-refractivity contribution in [2.24, 2.45) is 0 Å². The van der Waals surface area contributed by atoms with Crippen LogP contribution in [0.15, 0.2) is 18.7 Å². The van der Waals surface area contributed by atoms with Crippen molar-refractivity contribution in [1.29, 1.82) is 5.26 Å². The zero-order valence-corrected chi connectivity index (χ0v) is 8.17. The zero-order chi connectivity index (χ0) is 9.84. The zero-order valence-electron chi connectivity index (χ0n) is 8.17. The van der Waals surface area contributed by atoms with E-state index in [2.05, 4.69) is 25.6 Å². The maximum atomic E-state index is 8.97. The van der Waals surface area contributed by atoms with E-state index in [-0.39, 0.29) is 0 Å². The van der Waals surface area contributed by atoms with Gasteiger partial charge in [-0.15, -0.1) is 6.58 Å². The van der Waals surface area contributed by atoms with Crippen LogP contribution >= 0.6 is 0 Å². The molecule has 0 N–H and O–H groups in total. The van der Waals surface area contributed by atoms with Crippen LogP contribution in [0.2, 0.25) is 0 Å². The van der Waals surface area contributed by atoms with E-state index < -0.39 is 0 Å². The first-order chi connectivity index (χ1) is 6.24. The van der Waals surface area contributed by atoms with Crippen LogP contribution in [0.1, 0.15) is 23.9 Å². The van der Waals surface area contributed by atoms with E-state index in [1.165, 1.54) is 0 Å². The van der Waals surface area contributed by atoms with E-state index in [1.54, 1.807) is 0 Å². The fraction of sp³-hybridized carbons (Fsp3) is 0.364. The maximum absolute atomic E-state index is 8.97. The lowest BCUT2D eigenvalue weighted by Gasteiger charge is -2.03. The van der Waals surface area contributed by atoms with E-state index in [0.29, 0.717) is 6.54 Å². The first-order valence-corrected chi connectivity index (χ1v) is 4.44. The van der Waals surface area contributed by atoms with Crippen LogP contribution in [0.25, 0.3) is 0 Å². The molecule has 0 aromatic carbocycles. The van der Waals surface area contributed by atoms with Gasteiger partial charge in [0, 0.05) is 12.2 Å². The highest BCUT2D eigenvalue weighted by molar-refractivity contribution is 5.37. The number of nitrogens with zero attached hydrogens (tertiary/aromatic N) is 2. The minimum absolute atomic E-state index is 0.717. The van der Waals surface area contributed by atoms with Crippen LogP contribution in [0.5, 0.6) is 0 Å². The summed E-state index contributed by atoms with van der Waals surface area (Å²) in [6.07, 6.45) is 2.72. The molecule has 13 heavy (non-hydrogen) atoms. The molecule has 0 aliphatic rings. The molecule has 68 valence electrons. The molecule has 0 aliphatic heterocycles. The van der Waals surface area contributed by atoms with Crippen molar-refractivity contribution in [3.05, 3.63) is 35.7 Å². The Bertz CT molecular complexity index is 353. The Morgan fingerprint density at radius 1 is 1.69 bits per heavy atom. The minimum Gasteiger partial charge on any atom is -0.333 e. The Hall–Kier alpha value is -1.49. The van der Waals surface area contributed by atoms with E-state index >= 15 is 0 Å². The average molecular weight is 174 g/mol. The van der Waals surface area contributed by atoms with Crippen molar-refractivity contribution in [1.82, 2.24) is 4.57 Å². The van der Waals surface area contributed by atoms with Gasteiger partial charge in [0.1, 0.15) is 11.8 Å². The van der Waals surface area contributed by atoms with Crippen LogP contribution < -0.4 is 0 Å². The third-order valence-corrected chi connectivity index (χ3v) is 2.18. The molecule has 1 aromatic heterocycles. The van der Waals surface area contributed by atoms with Gasteiger partial charge in [-0.25, -0.2) is 0 Å². The lowest BCUT2D eigenvalue weighted by Crippen LogP contribution is -2.01. The number of hydrogen-bond donors (Lipinski definition) is 0. The predicted molar refractivity (Wildman–Crippen MR) is 53.5 cm³/mol. The summed E-state index contributed by atoms with van der Waals surface area (Å²) in [5, 5.41) is 8.97. The van der Waals surface area contributed by atoms with Crippen LogP contribution in [0.4, 0.5) is 0 Å². The molecule has 0 fully saturated rings. The molecule has 2 nitrogen and oxygen atoms in total.